The maximum Gasteiger partial charge on any atom is 0.409 e. The van der Waals surface area contributed by atoms with Crippen LogP contribution in [0.4, 0.5) is 10.5 Å². The number of hydrogen-bond acceptors (Lipinski definition) is 3. The summed E-state index contributed by atoms with van der Waals surface area (Å²) in [5, 5.41) is 10.5. The number of nitrogens with one attached hydrogen (secondary N) is 1. The number of benzene rings is 1. The van der Waals surface area contributed by atoms with E-state index in [0.29, 0.717) is 0 Å². The average molecular weight is 270 g/mol. The standard InChI is InChI=1S/C7H5Cl2NO4S/c8-4-1-2-5(10-7(11)12)6(3-4)15(9,13)14/h1-3,10H,(H,11,12). The lowest BCUT2D eigenvalue weighted by Gasteiger charge is -2.06. The number of carbonyl (C=O) groups is 1. The van der Waals surface area contributed by atoms with Crippen molar-refractivity contribution in [1.82, 2.24) is 0 Å². The van der Waals surface area contributed by atoms with Crippen LogP contribution in [-0.4, -0.2) is 19.6 Å². The lowest BCUT2D eigenvalue weighted by Crippen LogP contribution is -2.10. The molecule has 0 saturated heterocycles. The maximum absolute atomic E-state index is 11.1. The third kappa shape index (κ3) is 3.26. The fraction of sp³-hybridized carbons (Fsp3) is 0. The quantitative estimate of drug-likeness (QED) is 0.808. The molecule has 0 heterocycles. The first-order valence-electron chi connectivity index (χ1n) is 3.55. The van der Waals surface area contributed by atoms with Gasteiger partial charge in [0.1, 0.15) is 4.90 Å². The lowest BCUT2D eigenvalue weighted by atomic mass is 10.3. The van der Waals surface area contributed by atoms with Crippen molar-refractivity contribution in [3.05, 3.63) is 23.2 Å². The molecule has 0 aliphatic rings. The first kappa shape index (κ1) is 12.1. The highest BCUT2D eigenvalue weighted by atomic mass is 35.7. The lowest BCUT2D eigenvalue weighted by molar-refractivity contribution is 0.209. The summed E-state index contributed by atoms with van der Waals surface area (Å²) >= 11 is 5.56. The van der Waals surface area contributed by atoms with Crippen molar-refractivity contribution in [2.75, 3.05) is 5.32 Å². The molecular formula is C7H5Cl2NO4S. The van der Waals surface area contributed by atoms with Crippen LogP contribution in [0.25, 0.3) is 0 Å². The molecule has 1 amide bonds. The molecule has 1 aromatic carbocycles. The fourth-order valence-corrected chi connectivity index (χ4v) is 2.19. The second-order valence-electron chi connectivity index (χ2n) is 2.51. The van der Waals surface area contributed by atoms with Crippen molar-refractivity contribution in [1.29, 1.82) is 0 Å². The molecule has 0 atom stereocenters. The topological polar surface area (TPSA) is 83.5 Å². The van der Waals surface area contributed by atoms with E-state index in [9.17, 15) is 13.2 Å². The van der Waals surface area contributed by atoms with Crippen LogP contribution >= 0.6 is 22.3 Å². The van der Waals surface area contributed by atoms with Crippen LogP contribution in [0.2, 0.25) is 5.02 Å². The third-order valence-electron chi connectivity index (χ3n) is 1.45. The van der Waals surface area contributed by atoms with Gasteiger partial charge in [-0.05, 0) is 18.2 Å². The minimum absolute atomic E-state index is 0.137. The molecule has 0 saturated carbocycles. The first-order chi connectivity index (χ1) is 6.80. The zero-order valence-corrected chi connectivity index (χ0v) is 9.40. The van der Waals surface area contributed by atoms with Crippen molar-refractivity contribution < 1.29 is 18.3 Å². The number of anilines is 1. The molecule has 0 unspecified atom stereocenters. The Morgan fingerprint density at radius 3 is 2.47 bits per heavy atom. The highest BCUT2D eigenvalue weighted by Crippen LogP contribution is 2.27. The minimum Gasteiger partial charge on any atom is -0.465 e. The minimum atomic E-state index is -4.04. The van der Waals surface area contributed by atoms with Gasteiger partial charge < -0.3 is 5.11 Å². The number of amides is 1. The summed E-state index contributed by atoms with van der Waals surface area (Å²) in [6.07, 6.45) is -1.39. The van der Waals surface area contributed by atoms with E-state index < -0.39 is 15.1 Å². The summed E-state index contributed by atoms with van der Waals surface area (Å²) in [7, 11) is 1.06. The van der Waals surface area contributed by atoms with Gasteiger partial charge in [-0.25, -0.2) is 13.2 Å². The summed E-state index contributed by atoms with van der Waals surface area (Å²) in [5.41, 5.74) is -0.137. The molecule has 0 spiro atoms. The Balaban J connectivity index is 3.33. The van der Waals surface area contributed by atoms with Crippen molar-refractivity contribution in [3.8, 4) is 0 Å². The van der Waals surface area contributed by atoms with E-state index in [1.807, 2.05) is 5.32 Å². The smallest absolute Gasteiger partial charge is 0.409 e. The van der Waals surface area contributed by atoms with Crippen LogP contribution in [0, 0.1) is 0 Å². The van der Waals surface area contributed by atoms with Gasteiger partial charge in [-0.1, -0.05) is 11.6 Å². The molecule has 82 valence electrons. The van der Waals surface area contributed by atoms with Crippen LogP contribution in [-0.2, 0) is 9.05 Å². The molecular weight excluding hydrogens is 265 g/mol. The van der Waals surface area contributed by atoms with Gasteiger partial charge in [0.15, 0.2) is 0 Å². The second kappa shape index (κ2) is 4.26. The summed E-state index contributed by atoms with van der Waals surface area (Å²) < 4.78 is 22.1. The van der Waals surface area contributed by atoms with Crippen molar-refractivity contribution in [2.24, 2.45) is 0 Å². The van der Waals surface area contributed by atoms with E-state index in [4.69, 9.17) is 27.4 Å². The summed E-state index contributed by atoms with van der Waals surface area (Å²) in [4.78, 5) is 9.97. The SMILES string of the molecule is O=C(O)Nc1ccc(Cl)cc1S(=O)(=O)Cl. The van der Waals surface area contributed by atoms with E-state index in [-0.39, 0.29) is 15.6 Å². The van der Waals surface area contributed by atoms with Crippen LogP contribution in [0.1, 0.15) is 0 Å². The van der Waals surface area contributed by atoms with Gasteiger partial charge in [-0.15, -0.1) is 0 Å². The average Bonchev–Trinajstić information content (AvgIpc) is 2.05. The van der Waals surface area contributed by atoms with E-state index in [0.717, 1.165) is 6.07 Å². The first-order valence-corrected chi connectivity index (χ1v) is 6.23. The normalized spacial score (nSPS) is 11.1. The van der Waals surface area contributed by atoms with E-state index in [1.54, 1.807) is 0 Å². The predicted octanol–water partition coefficient (Wildman–Crippen LogP) is 2.36. The van der Waals surface area contributed by atoms with Gasteiger partial charge in [0.05, 0.1) is 5.69 Å². The molecule has 0 fully saturated rings. The van der Waals surface area contributed by atoms with Crippen molar-refractivity contribution >= 4 is 43.1 Å². The van der Waals surface area contributed by atoms with Crippen LogP contribution < -0.4 is 5.32 Å². The summed E-state index contributed by atoms with van der Waals surface area (Å²) in [6.45, 7) is 0. The van der Waals surface area contributed by atoms with Gasteiger partial charge in [-0.2, -0.15) is 0 Å². The van der Waals surface area contributed by atoms with Gasteiger partial charge >= 0.3 is 6.09 Å². The molecule has 1 aromatic rings. The van der Waals surface area contributed by atoms with Crippen molar-refractivity contribution in [3.63, 3.8) is 0 Å². The Morgan fingerprint density at radius 2 is 2.00 bits per heavy atom. The van der Waals surface area contributed by atoms with Crippen LogP contribution in [0.5, 0.6) is 0 Å². The number of carboxylic acid groups (broad SMARTS) is 1. The van der Waals surface area contributed by atoms with Gasteiger partial charge in [-0.3, -0.25) is 5.32 Å². The molecule has 1 rings (SSSR count). The summed E-state index contributed by atoms with van der Waals surface area (Å²) in [5.74, 6) is 0. The molecule has 2 N–H and O–H groups in total. The summed E-state index contributed by atoms with van der Waals surface area (Å²) in [6, 6.07) is 3.62. The maximum atomic E-state index is 11.1. The molecule has 0 radical (unpaired) electrons. The molecule has 0 aromatic heterocycles. The molecule has 15 heavy (non-hydrogen) atoms. The van der Waals surface area contributed by atoms with E-state index in [2.05, 4.69) is 0 Å². The fourth-order valence-electron chi connectivity index (χ4n) is 0.916. The Morgan fingerprint density at radius 1 is 1.40 bits per heavy atom. The monoisotopic (exact) mass is 269 g/mol. The molecule has 5 nitrogen and oxygen atoms in total. The molecule has 0 aliphatic carbocycles. The number of halogens is 2. The van der Waals surface area contributed by atoms with Crippen LogP contribution in [0.15, 0.2) is 23.1 Å². The highest BCUT2D eigenvalue weighted by Gasteiger charge is 2.17. The highest BCUT2D eigenvalue weighted by molar-refractivity contribution is 8.13. The predicted molar refractivity (Wildman–Crippen MR) is 56.1 cm³/mol. The Labute approximate surface area is 95.0 Å². The van der Waals surface area contributed by atoms with E-state index >= 15 is 0 Å². The third-order valence-corrected chi connectivity index (χ3v) is 3.04. The zero-order chi connectivity index (χ0) is 11.6. The van der Waals surface area contributed by atoms with Gasteiger partial charge in [0.25, 0.3) is 9.05 Å². The number of hydrogen-bond donors (Lipinski definition) is 2. The molecule has 8 heteroatoms. The zero-order valence-electron chi connectivity index (χ0n) is 7.07. The van der Waals surface area contributed by atoms with Crippen LogP contribution in [0.3, 0.4) is 0 Å². The molecule has 0 aliphatic heterocycles. The van der Waals surface area contributed by atoms with Gasteiger partial charge in [0, 0.05) is 15.7 Å². The van der Waals surface area contributed by atoms with Gasteiger partial charge in [0.2, 0.25) is 0 Å². The van der Waals surface area contributed by atoms with Crippen molar-refractivity contribution in [2.45, 2.75) is 4.90 Å². The number of rotatable bonds is 2. The second-order valence-corrected chi connectivity index (χ2v) is 5.48. The Hall–Kier alpha value is -0.980. The largest absolute Gasteiger partial charge is 0.465 e. The Kier molecular flexibility index (Phi) is 3.43. The Bertz CT molecular complexity index is 500. The molecule has 0 bridgehead atoms. The van der Waals surface area contributed by atoms with E-state index in [1.165, 1.54) is 12.1 Å².